The SMILES string of the molecule is Cc1cc(C=O)nc(-c2ccc(F)c(Cl)c2)n1. The molecule has 0 radical (unpaired) electrons. The fourth-order valence-electron chi connectivity index (χ4n) is 1.42. The van der Waals surface area contributed by atoms with Crippen molar-refractivity contribution in [3.8, 4) is 11.4 Å². The molecule has 0 aliphatic rings. The van der Waals surface area contributed by atoms with Crippen LogP contribution in [-0.2, 0) is 0 Å². The minimum Gasteiger partial charge on any atom is -0.296 e. The summed E-state index contributed by atoms with van der Waals surface area (Å²) in [4.78, 5) is 18.9. The zero-order chi connectivity index (χ0) is 12.4. The van der Waals surface area contributed by atoms with Crippen molar-refractivity contribution in [3.63, 3.8) is 0 Å². The molecule has 5 heteroatoms. The summed E-state index contributed by atoms with van der Waals surface area (Å²) < 4.78 is 13.0. The molecule has 0 bridgehead atoms. The molecular formula is C12H8ClFN2O. The maximum atomic E-state index is 13.0. The van der Waals surface area contributed by atoms with Gasteiger partial charge in [0, 0.05) is 11.3 Å². The van der Waals surface area contributed by atoms with Gasteiger partial charge in [-0.15, -0.1) is 0 Å². The zero-order valence-corrected chi connectivity index (χ0v) is 9.70. The molecular weight excluding hydrogens is 243 g/mol. The third-order valence-corrected chi connectivity index (χ3v) is 2.46. The highest BCUT2D eigenvalue weighted by atomic mass is 35.5. The Kier molecular flexibility index (Phi) is 3.15. The number of carbonyl (C=O) groups is 1. The van der Waals surface area contributed by atoms with Crippen molar-refractivity contribution in [2.75, 3.05) is 0 Å². The van der Waals surface area contributed by atoms with Gasteiger partial charge in [0.1, 0.15) is 11.5 Å². The van der Waals surface area contributed by atoms with Crippen molar-refractivity contribution in [2.45, 2.75) is 6.92 Å². The Morgan fingerprint density at radius 1 is 1.29 bits per heavy atom. The molecule has 2 aromatic rings. The van der Waals surface area contributed by atoms with Crippen LogP contribution in [0.25, 0.3) is 11.4 Å². The second kappa shape index (κ2) is 4.59. The van der Waals surface area contributed by atoms with Crippen molar-refractivity contribution >= 4 is 17.9 Å². The molecule has 1 aromatic carbocycles. The largest absolute Gasteiger partial charge is 0.296 e. The minimum atomic E-state index is -0.501. The van der Waals surface area contributed by atoms with Gasteiger partial charge in [0.15, 0.2) is 12.1 Å². The summed E-state index contributed by atoms with van der Waals surface area (Å²) in [5.41, 5.74) is 1.52. The number of aromatic nitrogens is 2. The maximum absolute atomic E-state index is 13.0. The van der Waals surface area contributed by atoms with E-state index in [2.05, 4.69) is 9.97 Å². The van der Waals surface area contributed by atoms with Crippen molar-refractivity contribution in [2.24, 2.45) is 0 Å². The van der Waals surface area contributed by atoms with Crippen molar-refractivity contribution in [1.82, 2.24) is 9.97 Å². The average Bonchev–Trinajstić information content (AvgIpc) is 2.32. The lowest BCUT2D eigenvalue weighted by Gasteiger charge is -2.03. The topological polar surface area (TPSA) is 42.9 Å². The molecule has 0 amide bonds. The van der Waals surface area contributed by atoms with Crippen molar-refractivity contribution in [3.05, 3.63) is 46.5 Å². The molecule has 0 saturated heterocycles. The van der Waals surface area contributed by atoms with Gasteiger partial charge in [0.25, 0.3) is 0 Å². The predicted molar refractivity (Wildman–Crippen MR) is 62.6 cm³/mol. The van der Waals surface area contributed by atoms with E-state index < -0.39 is 5.82 Å². The Labute approximate surface area is 102 Å². The number of hydrogen-bond donors (Lipinski definition) is 0. The van der Waals surface area contributed by atoms with Gasteiger partial charge < -0.3 is 0 Å². The Morgan fingerprint density at radius 3 is 2.71 bits per heavy atom. The molecule has 2 rings (SSSR count). The number of halogens is 2. The first-order chi connectivity index (χ1) is 8.10. The highest BCUT2D eigenvalue weighted by Gasteiger charge is 2.07. The van der Waals surface area contributed by atoms with Gasteiger partial charge in [-0.05, 0) is 31.2 Å². The summed E-state index contributed by atoms with van der Waals surface area (Å²) in [6.07, 6.45) is 0.642. The van der Waals surface area contributed by atoms with Crippen LogP contribution in [0.15, 0.2) is 24.3 Å². The number of carbonyl (C=O) groups excluding carboxylic acids is 1. The second-order valence-electron chi connectivity index (χ2n) is 3.50. The van der Waals surface area contributed by atoms with Gasteiger partial charge in [-0.3, -0.25) is 4.79 Å². The quantitative estimate of drug-likeness (QED) is 0.770. The number of nitrogens with zero attached hydrogens (tertiary/aromatic N) is 2. The molecule has 0 aliphatic carbocycles. The lowest BCUT2D eigenvalue weighted by Crippen LogP contribution is -1.97. The van der Waals surface area contributed by atoms with Gasteiger partial charge >= 0.3 is 0 Å². The van der Waals surface area contributed by atoms with E-state index >= 15 is 0 Å². The van der Waals surface area contributed by atoms with E-state index in [1.807, 2.05) is 0 Å². The third kappa shape index (κ3) is 2.47. The summed E-state index contributed by atoms with van der Waals surface area (Å²) in [6, 6.07) is 5.76. The van der Waals surface area contributed by atoms with Crippen LogP contribution >= 0.6 is 11.6 Å². The number of hydrogen-bond acceptors (Lipinski definition) is 3. The van der Waals surface area contributed by atoms with Crippen LogP contribution in [0.5, 0.6) is 0 Å². The van der Waals surface area contributed by atoms with Gasteiger partial charge in [-0.25, -0.2) is 14.4 Å². The van der Waals surface area contributed by atoms with Crippen LogP contribution in [0.4, 0.5) is 4.39 Å². The molecule has 86 valence electrons. The van der Waals surface area contributed by atoms with E-state index in [1.165, 1.54) is 18.2 Å². The Balaban J connectivity index is 2.55. The standard InChI is InChI=1S/C12H8ClFN2O/c1-7-4-9(6-17)16-12(15-7)8-2-3-11(14)10(13)5-8/h2-6H,1H3. The Bertz CT molecular complexity index is 587. The molecule has 0 atom stereocenters. The van der Waals surface area contributed by atoms with Crippen LogP contribution in [0.2, 0.25) is 5.02 Å². The lowest BCUT2D eigenvalue weighted by atomic mass is 10.2. The van der Waals surface area contributed by atoms with E-state index in [0.29, 0.717) is 23.4 Å². The highest BCUT2D eigenvalue weighted by Crippen LogP contribution is 2.22. The highest BCUT2D eigenvalue weighted by molar-refractivity contribution is 6.31. The summed E-state index contributed by atoms with van der Waals surface area (Å²) in [5, 5.41) is 0.000240. The molecule has 0 fully saturated rings. The summed E-state index contributed by atoms with van der Waals surface area (Å²) in [5.74, 6) is -0.146. The summed E-state index contributed by atoms with van der Waals surface area (Å²) in [7, 11) is 0. The fraction of sp³-hybridized carbons (Fsp3) is 0.0833. The first-order valence-corrected chi connectivity index (χ1v) is 5.24. The summed E-state index contributed by atoms with van der Waals surface area (Å²) in [6.45, 7) is 1.75. The van der Waals surface area contributed by atoms with Crippen molar-refractivity contribution < 1.29 is 9.18 Å². The Hall–Kier alpha value is -1.81. The molecule has 0 N–H and O–H groups in total. The monoisotopic (exact) mass is 250 g/mol. The normalized spacial score (nSPS) is 10.3. The molecule has 3 nitrogen and oxygen atoms in total. The maximum Gasteiger partial charge on any atom is 0.168 e. The number of rotatable bonds is 2. The van der Waals surface area contributed by atoms with Crippen LogP contribution < -0.4 is 0 Å². The zero-order valence-electron chi connectivity index (χ0n) is 8.95. The Morgan fingerprint density at radius 2 is 2.06 bits per heavy atom. The second-order valence-corrected chi connectivity index (χ2v) is 3.91. The van der Waals surface area contributed by atoms with Crippen molar-refractivity contribution in [1.29, 1.82) is 0 Å². The molecule has 0 aliphatic heterocycles. The van der Waals surface area contributed by atoms with E-state index in [-0.39, 0.29) is 10.7 Å². The van der Waals surface area contributed by atoms with Crippen LogP contribution in [-0.4, -0.2) is 16.3 Å². The predicted octanol–water partition coefficient (Wildman–Crippen LogP) is 3.06. The van der Waals surface area contributed by atoms with Gasteiger partial charge in [0.05, 0.1) is 5.02 Å². The molecule has 1 heterocycles. The number of aryl methyl sites for hydroxylation is 1. The molecule has 0 spiro atoms. The minimum absolute atomic E-state index is 0.000240. The third-order valence-electron chi connectivity index (χ3n) is 2.17. The van der Waals surface area contributed by atoms with Crippen LogP contribution in [0.1, 0.15) is 16.2 Å². The van der Waals surface area contributed by atoms with E-state index in [1.54, 1.807) is 13.0 Å². The molecule has 17 heavy (non-hydrogen) atoms. The first kappa shape index (κ1) is 11.7. The van der Waals surface area contributed by atoms with Gasteiger partial charge in [-0.2, -0.15) is 0 Å². The lowest BCUT2D eigenvalue weighted by molar-refractivity contribution is 0.111. The number of aldehydes is 1. The van der Waals surface area contributed by atoms with E-state index in [4.69, 9.17) is 11.6 Å². The van der Waals surface area contributed by atoms with E-state index in [9.17, 15) is 9.18 Å². The molecule has 0 unspecified atom stereocenters. The van der Waals surface area contributed by atoms with Gasteiger partial charge in [0.2, 0.25) is 0 Å². The van der Waals surface area contributed by atoms with Crippen LogP contribution in [0, 0.1) is 12.7 Å². The van der Waals surface area contributed by atoms with Gasteiger partial charge in [-0.1, -0.05) is 11.6 Å². The smallest absolute Gasteiger partial charge is 0.168 e. The fourth-order valence-corrected chi connectivity index (χ4v) is 1.60. The average molecular weight is 251 g/mol. The molecule has 0 saturated carbocycles. The summed E-state index contributed by atoms with van der Waals surface area (Å²) >= 11 is 5.68. The molecule has 1 aromatic heterocycles. The van der Waals surface area contributed by atoms with E-state index in [0.717, 1.165) is 0 Å². The van der Waals surface area contributed by atoms with Crippen LogP contribution in [0.3, 0.4) is 0 Å². The number of benzene rings is 1. The first-order valence-electron chi connectivity index (χ1n) is 4.86.